The van der Waals surface area contributed by atoms with Gasteiger partial charge in [-0.15, -0.1) is 0 Å². The van der Waals surface area contributed by atoms with Crippen LogP contribution in [0.15, 0.2) is 30.3 Å². The number of carbonyl (C=O) groups excluding carboxylic acids is 1. The first kappa shape index (κ1) is 18.7. The highest BCUT2D eigenvalue weighted by atomic mass is 16.5. The SMILES string of the molecule is CC.CCC.Cc1ccccc1/C=C/C(=O)NO. The number of hydrogen-bond acceptors (Lipinski definition) is 2. The second-order valence-electron chi connectivity index (χ2n) is 3.37. The smallest absolute Gasteiger partial charge is 0.267 e. The molecule has 0 radical (unpaired) electrons. The van der Waals surface area contributed by atoms with Crippen LogP contribution in [0, 0.1) is 6.92 Å². The average molecular weight is 251 g/mol. The van der Waals surface area contributed by atoms with E-state index >= 15 is 0 Å². The summed E-state index contributed by atoms with van der Waals surface area (Å²) in [6.07, 6.45) is 4.18. The molecule has 0 aliphatic carbocycles. The zero-order valence-electron chi connectivity index (χ0n) is 12.0. The molecule has 1 aromatic rings. The molecular weight excluding hydrogens is 226 g/mol. The predicted molar refractivity (Wildman–Crippen MR) is 77.5 cm³/mol. The van der Waals surface area contributed by atoms with E-state index in [1.807, 2.05) is 45.0 Å². The van der Waals surface area contributed by atoms with Crippen LogP contribution in [0.2, 0.25) is 0 Å². The summed E-state index contributed by atoms with van der Waals surface area (Å²) in [5.74, 6) is -0.525. The standard InChI is InChI=1S/C10H11NO2.C3H8.C2H6/c1-8-4-2-3-5-9(8)6-7-10(12)11-13;1-3-2;1-2/h2-7,13H,1H3,(H,11,12);3H2,1-2H3;1-2H3/b7-6+;;. The fourth-order valence-corrected chi connectivity index (χ4v) is 0.977. The zero-order chi connectivity index (χ0) is 14.4. The van der Waals surface area contributed by atoms with Crippen LogP contribution in [-0.2, 0) is 4.79 Å². The highest BCUT2D eigenvalue weighted by molar-refractivity contribution is 5.90. The van der Waals surface area contributed by atoms with Gasteiger partial charge in [-0.25, -0.2) is 5.48 Å². The second-order valence-corrected chi connectivity index (χ2v) is 3.37. The Hall–Kier alpha value is -1.61. The largest absolute Gasteiger partial charge is 0.288 e. The number of benzene rings is 1. The van der Waals surface area contributed by atoms with Gasteiger partial charge in [-0.05, 0) is 24.1 Å². The van der Waals surface area contributed by atoms with Crippen LogP contribution >= 0.6 is 0 Å². The summed E-state index contributed by atoms with van der Waals surface area (Å²) >= 11 is 0. The van der Waals surface area contributed by atoms with Gasteiger partial charge in [-0.2, -0.15) is 0 Å². The molecule has 0 atom stereocenters. The van der Waals surface area contributed by atoms with E-state index in [4.69, 9.17) is 5.21 Å². The Balaban J connectivity index is 0. The van der Waals surface area contributed by atoms with E-state index in [2.05, 4.69) is 13.8 Å². The summed E-state index contributed by atoms with van der Waals surface area (Å²) in [4.78, 5) is 10.6. The molecule has 0 unspecified atom stereocenters. The Bertz CT molecular complexity index is 346. The normalized spacial score (nSPS) is 8.78. The Morgan fingerprint density at radius 3 is 2.22 bits per heavy atom. The van der Waals surface area contributed by atoms with Crippen molar-refractivity contribution in [1.29, 1.82) is 0 Å². The fourth-order valence-electron chi connectivity index (χ4n) is 0.977. The summed E-state index contributed by atoms with van der Waals surface area (Å²) < 4.78 is 0. The molecule has 1 amide bonds. The molecule has 0 aromatic heterocycles. The first-order chi connectivity index (χ1) is 8.65. The molecule has 0 bridgehead atoms. The molecule has 0 spiro atoms. The lowest BCUT2D eigenvalue weighted by Gasteiger charge is -1.97. The minimum absolute atomic E-state index is 0.525. The van der Waals surface area contributed by atoms with E-state index in [1.165, 1.54) is 18.0 Å². The maximum Gasteiger partial charge on any atom is 0.267 e. The van der Waals surface area contributed by atoms with E-state index in [0.717, 1.165) is 11.1 Å². The first-order valence-corrected chi connectivity index (χ1v) is 6.33. The number of rotatable bonds is 2. The highest BCUT2D eigenvalue weighted by Crippen LogP contribution is 2.08. The van der Waals surface area contributed by atoms with E-state index in [0.29, 0.717) is 0 Å². The molecule has 0 aliphatic heterocycles. The molecule has 1 rings (SSSR count). The van der Waals surface area contributed by atoms with Crippen molar-refractivity contribution >= 4 is 12.0 Å². The second kappa shape index (κ2) is 13.5. The van der Waals surface area contributed by atoms with Crippen molar-refractivity contribution in [3.05, 3.63) is 41.5 Å². The van der Waals surface area contributed by atoms with Crippen molar-refractivity contribution in [3.8, 4) is 0 Å². The predicted octanol–water partition coefficient (Wildman–Crippen LogP) is 3.96. The van der Waals surface area contributed by atoms with Gasteiger partial charge in [0.1, 0.15) is 0 Å². The van der Waals surface area contributed by atoms with Crippen molar-refractivity contribution in [2.45, 2.75) is 41.0 Å². The molecule has 0 fully saturated rings. The molecule has 3 heteroatoms. The van der Waals surface area contributed by atoms with Gasteiger partial charge < -0.3 is 0 Å². The van der Waals surface area contributed by atoms with Crippen LogP contribution in [0.3, 0.4) is 0 Å². The maximum atomic E-state index is 10.6. The lowest BCUT2D eigenvalue weighted by molar-refractivity contribution is -0.124. The third-order valence-corrected chi connectivity index (χ3v) is 1.71. The molecular formula is C15H25NO2. The van der Waals surface area contributed by atoms with Crippen molar-refractivity contribution in [2.24, 2.45) is 0 Å². The quantitative estimate of drug-likeness (QED) is 0.475. The van der Waals surface area contributed by atoms with Crippen LogP contribution in [0.1, 0.15) is 45.2 Å². The molecule has 0 saturated carbocycles. The van der Waals surface area contributed by atoms with Gasteiger partial charge >= 0.3 is 0 Å². The van der Waals surface area contributed by atoms with Gasteiger partial charge in [0.15, 0.2) is 0 Å². The number of hydrogen-bond donors (Lipinski definition) is 2. The lowest BCUT2D eigenvalue weighted by atomic mass is 10.1. The van der Waals surface area contributed by atoms with Crippen LogP contribution in [0.4, 0.5) is 0 Å². The highest BCUT2D eigenvalue weighted by Gasteiger charge is 1.93. The topological polar surface area (TPSA) is 49.3 Å². The van der Waals surface area contributed by atoms with E-state index < -0.39 is 5.91 Å². The Morgan fingerprint density at radius 1 is 1.28 bits per heavy atom. The Morgan fingerprint density at radius 2 is 1.78 bits per heavy atom. The van der Waals surface area contributed by atoms with Crippen LogP contribution in [-0.4, -0.2) is 11.1 Å². The number of nitrogens with one attached hydrogen (secondary N) is 1. The third-order valence-electron chi connectivity index (χ3n) is 1.71. The van der Waals surface area contributed by atoms with Crippen LogP contribution in [0.5, 0.6) is 0 Å². The molecule has 0 aliphatic rings. The minimum Gasteiger partial charge on any atom is -0.288 e. The molecule has 18 heavy (non-hydrogen) atoms. The summed E-state index contributed by atoms with van der Waals surface area (Å²) in [5, 5.41) is 8.23. The van der Waals surface area contributed by atoms with Crippen molar-refractivity contribution in [2.75, 3.05) is 0 Å². The zero-order valence-corrected chi connectivity index (χ0v) is 12.0. The molecule has 3 nitrogen and oxygen atoms in total. The van der Waals surface area contributed by atoms with Gasteiger partial charge in [0.2, 0.25) is 0 Å². The Labute approximate surface area is 110 Å². The van der Waals surface area contributed by atoms with Crippen molar-refractivity contribution in [3.63, 3.8) is 0 Å². The number of carbonyl (C=O) groups is 1. The van der Waals surface area contributed by atoms with Gasteiger partial charge in [-0.3, -0.25) is 10.0 Å². The van der Waals surface area contributed by atoms with Gasteiger partial charge in [0.05, 0.1) is 0 Å². The molecule has 0 heterocycles. The fraction of sp³-hybridized carbons (Fsp3) is 0.400. The molecule has 1 aromatic carbocycles. The summed E-state index contributed by atoms with van der Waals surface area (Å²) in [5.41, 5.74) is 3.58. The van der Waals surface area contributed by atoms with Crippen molar-refractivity contribution in [1.82, 2.24) is 5.48 Å². The summed E-state index contributed by atoms with van der Waals surface area (Å²) in [7, 11) is 0. The van der Waals surface area contributed by atoms with E-state index in [9.17, 15) is 4.79 Å². The molecule has 2 N–H and O–H groups in total. The van der Waals surface area contributed by atoms with Crippen LogP contribution in [0.25, 0.3) is 6.08 Å². The average Bonchev–Trinajstić information content (AvgIpc) is 2.40. The third kappa shape index (κ3) is 9.60. The van der Waals surface area contributed by atoms with Crippen LogP contribution < -0.4 is 5.48 Å². The van der Waals surface area contributed by atoms with Gasteiger partial charge in [0.25, 0.3) is 5.91 Å². The summed E-state index contributed by atoms with van der Waals surface area (Å²) in [6.45, 7) is 10.2. The van der Waals surface area contributed by atoms with Gasteiger partial charge in [-0.1, -0.05) is 58.4 Å². The van der Waals surface area contributed by atoms with Crippen molar-refractivity contribution < 1.29 is 10.0 Å². The molecule has 0 saturated heterocycles. The van der Waals surface area contributed by atoms with Gasteiger partial charge in [0, 0.05) is 6.08 Å². The maximum absolute atomic E-state index is 10.6. The minimum atomic E-state index is -0.525. The lowest BCUT2D eigenvalue weighted by Crippen LogP contribution is -2.14. The van der Waals surface area contributed by atoms with E-state index in [-0.39, 0.29) is 0 Å². The van der Waals surface area contributed by atoms with E-state index in [1.54, 1.807) is 6.08 Å². The Kier molecular flexibility index (Phi) is 14.0. The molecule has 102 valence electrons. The number of aryl methyl sites for hydroxylation is 1. The number of amides is 1. The summed E-state index contributed by atoms with van der Waals surface area (Å²) in [6, 6.07) is 7.68. The first-order valence-electron chi connectivity index (χ1n) is 6.33. The number of hydroxylamine groups is 1. The monoisotopic (exact) mass is 251 g/mol.